The van der Waals surface area contributed by atoms with Gasteiger partial charge >= 0.3 is 0 Å². The standard InChI is InChI=1S/C10H20N2O3S/c1-11-10(13)7-12-8-4-3-5-9(6-8)16(2,14)15/h8-9,12H,3-7H2,1-2H3,(H,11,13). The maximum Gasteiger partial charge on any atom is 0.233 e. The molecule has 0 spiro atoms. The highest BCUT2D eigenvalue weighted by Gasteiger charge is 2.28. The summed E-state index contributed by atoms with van der Waals surface area (Å²) in [5.74, 6) is -0.0681. The van der Waals surface area contributed by atoms with Crippen molar-refractivity contribution in [1.82, 2.24) is 10.6 Å². The minimum absolute atomic E-state index is 0.0681. The van der Waals surface area contributed by atoms with E-state index < -0.39 is 9.84 Å². The van der Waals surface area contributed by atoms with E-state index in [2.05, 4.69) is 10.6 Å². The van der Waals surface area contributed by atoms with Gasteiger partial charge in [-0.2, -0.15) is 0 Å². The van der Waals surface area contributed by atoms with Crippen LogP contribution in [0.5, 0.6) is 0 Å². The molecule has 1 saturated carbocycles. The maximum absolute atomic E-state index is 11.4. The highest BCUT2D eigenvalue weighted by atomic mass is 32.2. The molecule has 2 unspecified atom stereocenters. The molecule has 0 bridgehead atoms. The summed E-state index contributed by atoms with van der Waals surface area (Å²) in [6.07, 6.45) is 4.51. The molecule has 0 aromatic carbocycles. The fraction of sp³-hybridized carbons (Fsp3) is 0.900. The molecule has 1 aliphatic rings. The van der Waals surface area contributed by atoms with Crippen LogP contribution in [0.15, 0.2) is 0 Å². The van der Waals surface area contributed by atoms with Crippen molar-refractivity contribution in [2.75, 3.05) is 19.8 Å². The first-order valence-corrected chi connectivity index (χ1v) is 7.51. The monoisotopic (exact) mass is 248 g/mol. The third-order valence-corrected chi connectivity index (χ3v) is 4.70. The SMILES string of the molecule is CNC(=O)CNC1CCCC(S(C)(=O)=O)C1. The summed E-state index contributed by atoms with van der Waals surface area (Å²) in [6, 6.07) is 0.144. The van der Waals surface area contributed by atoms with Crippen LogP contribution in [-0.2, 0) is 14.6 Å². The Bertz CT molecular complexity index is 340. The minimum Gasteiger partial charge on any atom is -0.358 e. The van der Waals surface area contributed by atoms with Crippen LogP contribution in [0.4, 0.5) is 0 Å². The summed E-state index contributed by atoms with van der Waals surface area (Å²) < 4.78 is 22.8. The summed E-state index contributed by atoms with van der Waals surface area (Å²) in [4.78, 5) is 11.0. The lowest BCUT2D eigenvalue weighted by molar-refractivity contribution is -0.119. The Kier molecular flexibility index (Phi) is 4.73. The number of sulfone groups is 1. The lowest BCUT2D eigenvalue weighted by atomic mass is 9.95. The highest BCUT2D eigenvalue weighted by molar-refractivity contribution is 7.91. The first kappa shape index (κ1) is 13.4. The third-order valence-electron chi connectivity index (χ3n) is 3.06. The van der Waals surface area contributed by atoms with Crippen LogP contribution in [0.2, 0.25) is 0 Å². The smallest absolute Gasteiger partial charge is 0.233 e. The number of hydrogen-bond acceptors (Lipinski definition) is 4. The Hall–Kier alpha value is -0.620. The molecule has 0 radical (unpaired) electrons. The van der Waals surface area contributed by atoms with Crippen molar-refractivity contribution in [2.45, 2.75) is 37.0 Å². The Balaban J connectivity index is 2.42. The molecular formula is C10H20N2O3S. The molecule has 2 atom stereocenters. The van der Waals surface area contributed by atoms with Gasteiger partial charge in [-0.05, 0) is 19.3 Å². The van der Waals surface area contributed by atoms with Gasteiger partial charge in [0.25, 0.3) is 0 Å². The Morgan fingerprint density at radius 3 is 2.62 bits per heavy atom. The molecule has 6 heteroatoms. The zero-order chi connectivity index (χ0) is 12.2. The zero-order valence-electron chi connectivity index (χ0n) is 9.82. The molecule has 1 fully saturated rings. The van der Waals surface area contributed by atoms with Crippen LogP contribution >= 0.6 is 0 Å². The van der Waals surface area contributed by atoms with E-state index in [-0.39, 0.29) is 23.7 Å². The lowest BCUT2D eigenvalue weighted by Gasteiger charge is -2.28. The molecule has 0 saturated heterocycles. The molecule has 0 heterocycles. The second-order valence-corrected chi connectivity index (χ2v) is 6.69. The van der Waals surface area contributed by atoms with E-state index in [1.807, 2.05) is 0 Å². The Labute approximate surface area is 96.9 Å². The van der Waals surface area contributed by atoms with Crippen LogP contribution in [0.1, 0.15) is 25.7 Å². The predicted molar refractivity (Wildman–Crippen MR) is 63.0 cm³/mol. The number of carbonyl (C=O) groups excluding carboxylic acids is 1. The summed E-state index contributed by atoms with van der Waals surface area (Å²) >= 11 is 0. The van der Waals surface area contributed by atoms with Crippen LogP contribution in [-0.4, -0.2) is 45.5 Å². The first-order valence-electron chi connectivity index (χ1n) is 5.56. The number of hydrogen-bond donors (Lipinski definition) is 2. The van der Waals surface area contributed by atoms with Crippen molar-refractivity contribution in [1.29, 1.82) is 0 Å². The average Bonchev–Trinajstić information content (AvgIpc) is 2.25. The van der Waals surface area contributed by atoms with Gasteiger partial charge in [-0.3, -0.25) is 4.79 Å². The normalized spacial score (nSPS) is 26.4. The summed E-state index contributed by atoms with van der Waals surface area (Å²) in [5.41, 5.74) is 0. The molecule has 0 aromatic heterocycles. The minimum atomic E-state index is -2.94. The van der Waals surface area contributed by atoms with E-state index in [1.165, 1.54) is 6.26 Å². The number of likely N-dealkylation sites (N-methyl/N-ethyl adjacent to an activating group) is 1. The van der Waals surface area contributed by atoms with Crippen molar-refractivity contribution in [2.24, 2.45) is 0 Å². The van der Waals surface area contributed by atoms with Gasteiger partial charge in [0.15, 0.2) is 0 Å². The molecule has 1 aliphatic carbocycles. The van der Waals surface area contributed by atoms with Crippen LogP contribution in [0.3, 0.4) is 0 Å². The molecule has 5 nitrogen and oxygen atoms in total. The largest absolute Gasteiger partial charge is 0.358 e. The quantitative estimate of drug-likeness (QED) is 0.715. The van der Waals surface area contributed by atoms with Gasteiger partial charge in [0.1, 0.15) is 9.84 Å². The van der Waals surface area contributed by atoms with E-state index in [9.17, 15) is 13.2 Å². The number of rotatable bonds is 4. The molecule has 0 aromatic rings. The van der Waals surface area contributed by atoms with Gasteiger partial charge in [-0.25, -0.2) is 8.42 Å². The van der Waals surface area contributed by atoms with Gasteiger partial charge in [0.05, 0.1) is 11.8 Å². The van der Waals surface area contributed by atoms with Gasteiger partial charge in [-0.1, -0.05) is 6.42 Å². The summed E-state index contributed by atoms with van der Waals surface area (Å²) in [5, 5.41) is 5.38. The molecule has 1 amide bonds. The van der Waals surface area contributed by atoms with Crippen LogP contribution < -0.4 is 10.6 Å². The van der Waals surface area contributed by atoms with Crippen molar-refractivity contribution >= 4 is 15.7 Å². The Morgan fingerprint density at radius 2 is 2.06 bits per heavy atom. The molecule has 16 heavy (non-hydrogen) atoms. The molecular weight excluding hydrogens is 228 g/mol. The van der Waals surface area contributed by atoms with Crippen LogP contribution in [0.25, 0.3) is 0 Å². The first-order chi connectivity index (χ1) is 7.43. The molecule has 94 valence electrons. The van der Waals surface area contributed by atoms with Gasteiger partial charge in [0, 0.05) is 19.3 Å². The predicted octanol–water partition coefficient (Wildman–Crippen LogP) is -0.322. The van der Waals surface area contributed by atoms with Crippen molar-refractivity contribution in [3.63, 3.8) is 0 Å². The molecule has 0 aliphatic heterocycles. The van der Waals surface area contributed by atoms with Crippen LogP contribution in [0, 0.1) is 0 Å². The van der Waals surface area contributed by atoms with E-state index >= 15 is 0 Å². The average molecular weight is 248 g/mol. The summed E-state index contributed by atoms with van der Waals surface area (Å²) in [7, 11) is -1.36. The van der Waals surface area contributed by atoms with Crippen molar-refractivity contribution < 1.29 is 13.2 Å². The summed E-state index contributed by atoms with van der Waals surface area (Å²) in [6.45, 7) is 0.262. The second kappa shape index (κ2) is 5.63. The lowest BCUT2D eigenvalue weighted by Crippen LogP contribution is -2.42. The van der Waals surface area contributed by atoms with E-state index in [4.69, 9.17) is 0 Å². The van der Waals surface area contributed by atoms with Gasteiger partial charge in [0.2, 0.25) is 5.91 Å². The fourth-order valence-corrected chi connectivity index (χ4v) is 3.22. The number of carbonyl (C=O) groups is 1. The topological polar surface area (TPSA) is 75.3 Å². The van der Waals surface area contributed by atoms with E-state index in [1.54, 1.807) is 7.05 Å². The molecule has 2 N–H and O–H groups in total. The van der Waals surface area contributed by atoms with Crippen molar-refractivity contribution in [3.8, 4) is 0 Å². The molecule has 1 rings (SSSR count). The van der Waals surface area contributed by atoms with Gasteiger partial charge in [-0.15, -0.1) is 0 Å². The maximum atomic E-state index is 11.4. The highest BCUT2D eigenvalue weighted by Crippen LogP contribution is 2.23. The number of nitrogens with one attached hydrogen (secondary N) is 2. The fourth-order valence-electron chi connectivity index (χ4n) is 2.04. The second-order valence-electron chi connectivity index (χ2n) is 4.37. The van der Waals surface area contributed by atoms with Gasteiger partial charge < -0.3 is 10.6 Å². The van der Waals surface area contributed by atoms with E-state index in [0.29, 0.717) is 6.42 Å². The Morgan fingerprint density at radius 1 is 1.38 bits per heavy atom. The van der Waals surface area contributed by atoms with E-state index in [0.717, 1.165) is 19.3 Å². The van der Waals surface area contributed by atoms with Crippen molar-refractivity contribution in [3.05, 3.63) is 0 Å². The third kappa shape index (κ3) is 4.09. The zero-order valence-corrected chi connectivity index (χ0v) is 10.6. The number of amides is 1.